The Morgan fingerprint density at radius 1 is 1.33 bits per heavy atom. The number of rotatable bonds is 5. The first kappa shape index (κ1) is 17.1. The molecule has 0 aliphatic carbocycles. The Kier molecular flexibility index (Phi) is 5.31. The van der Waals surface area contributed by atoms with E-state index in [4.69, 9.17) is 0 Å². The van der Waals surface area contributed by atoms with E-state index in [1.807, 2.05) is 18.3 Å². The van der Waals surface area contributed by atoms with Crippen molar-refractivity contribution in [2.24, 2.45) is 0 Å². The van der Waals surface area contributed by atoms with Crippen LogP contribution in [-0.2, 0) is 4.79 Å². The first-order chi connectivity index (χ1) is 11.5. The molecule has 3 rings (SSSR count). The molecule has 3 nitrogen and oxygen atoms in total. The van der Waals surface area contributed by atoms with Crippen LogP contribution in [0.1, 0.15) is 47.2 Å². The number of carbonyl (C=O) groups is 1. The van der Waals surface area contributed by atoms with Gasteiger partial charge in [-0.05, 0) is 63.1 Å². The maximum atomic E-state index is 13.0. The van der Waals surface area contributed by atoms with Crippen molar-refractivity contribution >= 4 is 17.2 Å². The number of aryl methyl sites for hydroxylation is 1. The van der Waals surface area contributed by atoms with Gasteiger partial charge in [-0.3, -0.25) is 9.69 Å². The first-order valence-corrected chi connectivity index (χ1v) is 9.20. The molecule has 1 N–H and O–H groups in total. The van der Waals surface area contributed by atoms with Crippen LogP contribution in [0.25, 0.3) is 0 Å². The van der Waals surface area contributed by atoms with E-state index < -0.39 is 0 Å². The van der Waals surface area contributed by atoms with Gasteiger partial charge in [0.1, 0.15) is 5.82 Å². The van der Waals surface area contributed by atoms with E-state index >= 15 is 0 Å². The molecule has 0 spiro atoms. The molecule has 0 saturated carbocycles. The standard InChI is InChI=1S/C19H23FN2OS/c1-13-5-10-18(24-13)17-4-3-11-22(17)12-19(23)21-14(2)15-6-8-16(20)9-7-15/h5-10,14,17H,3-4,11-12H2,1-2H3,(H,21,23). The average molecular weight is 346 g/mol. The highest BCUT2D eigenvalue weighted by atomic mass is 32.1. The van der Waals surface area contributed by atoms with Crippen molar-refractivity contribution in [1.82, 2.24) is 10.2 Å². The Bertz CT molecular complexity index is 698. The molecule has 2 unspecified atom stereocenters. The molecule has 1 amide bonds. The van der Waals surface area contributed by atoms with E-state index in [1.54, 1.807) is 12.1 Å². The molecule has 128 valence electrons. The first-order valence-electron chi connectivity index (χ1n) is 8.38. The van der Waals surface area contributed by atoms with Crippen molar-refractivity contribution in [3.8, 4) is 0 Å². The quantitative estimate of drug-likeness (QED) is 0.879. The maximum Gasteiger partial charge on any atom is 0.234 e. The molecule has 1 fully saturated rings. The Hall–Kier alpha value is -1.72. The summed E-state index contributed by atoms with van der Waals surface area (Å²) in [6.45, 7) is 5.41. The van der Waals surface area contributed by atoms with Crippen molar-refractivity contribution in [3.63, 3.8) is 0 Å². The molecule has 1 aromatic heterocycles. The van der Waals surface area contributed by atoms with E-state index in [1.165, 1.54) is 21.9 Å². The lowest BCUT2D eigenvalue weighted by Gasteiger charge is -2.24. The van der Waals surface area contributed by atoms with Gasteiger partial charge in [-0.1, -0.05) is 12.1 Å². The minimum atomic E-state index is -0.261. The third-order valence-electron chi connectivity index (χ3n) is 4.55. The predicted octanol–water partition coefficient (Wildman–Crippen LogP) is 4.21. The summed E-state index contributed by atoms with van der Waals surface area (Å²) in [5, 5.41) is 3.02. The van der Waals surface area contributed by atoms with Gasteiger partial charge in [0.25, 0.3) is 0 Å². The van der Waals surface area contributed by atoms with Gasteiger partial charge in [0, 0.05) is 15.8 Å². The molecule has 1 aliphatic heterocycles. The van der Waals surface area contributed by atoms with Gasteiger partial charge < -0.3 is 5.32 Å². The Morgan fingerprint density at radius 2 is 2.08 bits per heavy atom. The number of nitrogens with zero attached hydrogens (tertiary/aromatic N) is 1. The van der Waals surface area contributed by atoms with Crippen LogP contribution in [0.5, 0.6) is 0 Å². The van der Waals surface area contributed by atoms with E-state index in [-0.39, 0.29) is 17.8 Å². The smallest absolute Gasteiger partial charge is 0.234 e. The Balaban J connectivity index is 1.58. The molecule has 0 radical (unpaired) electrons. The summed E-state index contributed by atoms with van der Waals surface area (Å²) in [6.07, 6.45) is 2.24. The molecule has 2 aromatic rings. The van der Waals surface area contributed by atoms with Gasteiger partial charge in [-0.15, -0.1) is 11.3 Å². The second-order valence-electron chi connectivity index (χ2n) is 6.42. The highest BCUT2D eigenvalue weighted by Crippen LogP contribution is 2.35. The number of nitrogens with one attached hydrogen (secondary N) is 1. The zero-order valence-corrected chi connectivity index (χ0v) is 14.9. The van der Waals surface area contributed by atoms with Crippen LogP contribution < -0.4 is 5.32 Å². The summed E-state index contributed by atoms with van der Waals surface area (Å²) in [5.41, 5.74) is 0.914. The van der Waals surface area contributed by atoms with Crippen LogP contribution in [0, 0.1) is 12.7 Å². The van der Waals surface area contributed by atoms with E-state index in [0.29, 0.717) is 12.6 Å². The zero-order valence-electron chi connectivity index (χ0n) is 14.1. The maximum absolute atomic E-state index is 13.0. The molecule has 2 heterocycles. The van der Waals surface area contributed by atoms with Gasteiger partial charge in [0.2, 0.25) is 5.91 Å². The highest BCUT2D eigenvalue weighted by Gasteiger charge is 2.28. The molecule has 1 saturated heterocycles. The lowest BCUT2D eigenvalue weighted by molar-refractivity contribution is -0.123. The van der Waals surface area contributed by atoms with E-state index in [2.05, 4.69) is 29.3 Å². The fourth-order valence-corrected chi connectivity index (χ4v) is 4.32. The van der Waals surface area contributed by atoms with Gasteiger partial charge >= 0.3 is 0 Å². The summed E-state index contributed by atoms with van der Waals surface area (Å²) in [5.74, 6) is -0.240. The summed E-state index contributed by atoms with van der Waals surface area (Å²) >= 11 is 1.82. The van der Waals surface area contributed by atoms with E-state index in [0.717, 1.165) is 24.9 Å². The minimum absolute atomic E-state index is 0.0204. The molecule has 1 aliphatic rings. The van der Waals surface area contributed by atoms with Gasteiger partial charge in [-0.25, -0.2) is 4.39 Å². The van der Waals surface area contributed by atoms with Crippen LogP contribution in [0.2, 0.25) is 0 Å². The van der Waals surface area contributed by atoms with Gasteiger partial charge in [-0.2, -0.15) is 0 Å². The van der Waals surface area contributed by atoms with Gasteiger partial charge in [0.05, 0.1) is 12.6 Å². The number of carbonyl (C=O) groups excluding carboxylic acids is 1. The third kappa shape index (κ3) is 4.02. The molecular weight excluding hydrogens is 323 g/mol. The number of benzene rings is 1. The molecule has 1 aromatic carbocycles. The normalized spacial score (nSPS) is 19.4. The van der Waals surface area contributed by atoms with Crippen LogP contribution >= 0.6 is 11.3 Å². The number of thiophene rings is 1. The summed E-state index contributed by atoms with van der Waals surface area (Å²) in [6, 6.07) is 10.8. The van der Waals surface area contributed by atoms with E-state index in [9.17, 15) is 9.18 Å². The number of likely N-dealkylation sites (tertiary alicyclic amines) is 1. The predicted molar refractivity (Wildman–Crippen MR) is 95.6 cm³/mol. The summed E-state index contributed by atoms with van der Waals surface area (Å²) < 4.78 is 13.0. The topological polar surface area (TPSA) is 32.3 Å². The van der Waals surface area contributed by atoms with Crippen molar-refractivity contribution in [2.75, 3.05) is 13.1 Å². The van der Waals surface area contributed by atoms with Crippen LogP contribution in [-0.4, -0.2) is 23.9 Å². The fourth-order valence-electron chi connectivity index (χ4n) is 3.28. The van der Waals surface area contributed by atoms with Crippen LogP contribution in [0.3, 0.4) is 0 Å². The largest absolute Gasteiger partial charge is 0.348 e. The van der Waals surface area contributed by atoms with Crippen molar-refractivity contribution < 1.29 is 9.18 Å². The fraction of sp³-hybridized carbons (Fsp3) is 0.421. The molecule has 5 heteroatoms. The van der Waals surface area contributed by atoms with Crippen molar-refractivity contribution in [2.45, 2.75) is 38.8 Å². The summed E-state index contributed by atoms with van der Waals surface area (Å²) in [4.78, 5) is 17.3. The highest BCUT2D eigenvalue weighted by molar-refractivity contribution is 7.12. The third-order valence-corrected chi connectivity index (χ3v) is 5.65. The lowest BCUT2D eigenvalue weighted by Crippen LogP contribution is -2.37. The SMILES string of the molecule is Cc1ccc(C2CCCN2CC(=O)NC(C)c2ccc(F)cc2)s1. The Morgan fingerprint density at radius 3 is 2.75 bits per heavy atom. The second kappa shape index (κ2) is 7.45. The zero-order chi connectivity index (χ0) is 17.1. The van der Waals surface area contributed by atoms with Crippen molar-refractivity contribution in [3.05, 3.63) is 57.5 Å². The second-order valence-corrected chi connectivity index (χ2v) is 7.74. The number of amides is 1. The number of hydrogen-bond donors (Lipinski definition) is 1. The number of hydrogen-bond acceptors (Lipinski definition) is 3. The van der Waals surface area contributed by atoms with Crippen molar-refractivity contribution in [1.29, 1.82) is 0 Å². The molecule has 24 heavy (non-hydrogen) atoms. The van der Waals surface area contributed by atoms with Gasteiger partial charge in [0.15, 0.2) is 0 Å². The van der Waals surface area contributed by atoms with Crippen LogP contribution in [0.4, 0.5) is 4.39 Å². The number of halogens is 1. The van der Waals surface area contributed by atoms with Crippen LogP contribution in [0.15, 0.2) is 36.4 Å². The summed E-state index contributed by atoms with van der Waals surface area (Å²) in [7, 11) is 0. The Labute approximate surface area is 146 Å². The lowest BCUT2D eigenvalue weighted by atomic mass is 10.1. The minimum Gasteiger partial charge on any atom is -0.348 e. The monoisotopic (exact) mass is 346 g/mol. The average Bonchev–Trinajstić information content (AvgIpc) is 3.16. The molecular formula is C19H23FN2OS. The molecule has 2 atom stereocenters. The molecule has 0 bridgehead atoms.